The summed E-state index contributed by atoms with van der Waals surface area (Å²) in [7, 11) is 1.21. The number of hydrogen-bond donors (Lipinski definition) is 1. The second-order valence-electron chi connectivity index (χ2n) is 2.54. The van der Waals surface area contributed by atoms with Gasteiger partial charge in [0, 0.05) is 13.0 Å². The van der Waals surface area contributed by atoms with E-state index in [4.69, 9.17) is 0 Å². The maximum absolute atomic E-state index is 11.2. The maximum atomic E-state index is 11.2. The number of amides is 2. The van der Waals surface area contributed by atoms with Crippen LogP contribution in [0.15, 0.2) is 16.0 Å². The standard InChI is InChI=1S/C8H8N2O4S/c1-4(11)9-8-10-7(13)5(15-8)3-6(12)14-2/h3H,1-2H3,(H,9,10,11,13). The molecule has 0 spiro atoms. The van der Waals surface area contributed by atoms with Crippen LogP contribution in [0.1, 0.15) is 6.92 Å². The molecule has 0 aromatic carbocycles. The minimum Gasteiger partial charge on any atom is -0.466 e. The van der Waals surface area contributed by atoms with Gasteiger partial charge in [-0.05, 0) is 11.8 Å². The predicted octanol–water partition coefficient (Wildman–Crippen LogP) is -0.191. The molecule has 0 atom stereocenters. The number of aliphatic imine (C=N–C) groups is 1. The molecule has 0 radical (unpaired) electrons. The molecular formula is C8H8N2O4S. The number of hydrogen-bond acceptors (Lipinski definition) is 5. The van der Waals surface area contributed by atoms with E-state index >= 15 is 0 Å². The Hall–Kier alpha value is -1.63. The summed E-state index contributed by atoms with van der Waals surface area (Å²) in [5, 5.41) is 2.52. The molecule has 80 valence electrons. The van der Waals surface area contributed by atoms with Gasteiger partial charge in [-0.3, -0.25) is 9.59 Å². The summed E-state index contributed by atoms with van der Waals surface area (Å²) in [4.78, 5) is 36.3. The number of rotatable bonds is 1. The summed E-state index contributed by atoms with van der Waals surface area (Å²) in [6.07, 6.45) is 1.03. The molecule has 0 saturated heterocycles. The average molecular weight is 228 g/mol. The Bertz CT molecular complexity index is 386. The number of carbonyl (C=O) groups is 3. The fraction of sp³-hybridized carbons (Fsp3) is 0.250. The van der Waals surface area contributed by atoms with E-state index in [2.05, 4.69) is 15.0 Å². The number of esters is 1. The van der Waals surface area contributed by atoms with Crippen LogP contribution < -0.4 is 5.32 Å². The summed E-state index contributed by atoms with van der Waals surface area (Å²) in [6, 6.07) is 0. The first kappa shape index (κ1) is 11.4. The Morgan fingerprint density at radius 2 is 2.20 bits per heavy atom. The van der Waals surface area contributed by atoms with Gasteiger partial charge in [0.2, 0.25) is 5.91 Å². The lowest BCUT2D eigenvalue weighted by molar-refractivity contribution is -0.135. The summed E-state index contributed by atoms with van der Waals surface area (Å²) in [5.41, 5.74) is 0. The Labute approximate surface area is 89.8 Å². The van der Waals surface area contributed by atoms with Crippen molar-refractivity contribution in [2.24, 2.45) is 4.99 Å². The third kappa shape index (κ3) is 3.21. The fourth-order valence-corrected chi connectivity index (χ4v) is 1.60. The number of methoxy groups -OCH3 is 1. The molecule has 1 rings (SSSR count). The first-order chi connectivity index (χ1) is 7.02. The molecular weight excluding hydrogens is 220 g/mol. The highest BCUT2D eigenvalue weighted by Crippen LogP contribution is 2.24. The monoisotopic (exact) mass is 228 g/mol. The number of nitrogens with zero attached hydrogens (tertiary/aromatic N) is 1. The van der Waals surface area contributed by atoms with E-state index in [1.807, 2.05) is 0 Å². The van der Waals surface area contributed by atoms with Crippen molar-refractivity contribution in [3.8, 4) is 0 Å². The highest BCUT2D eigenvalue weighted by molar-refractivity contribution is 8.18. The maximum Gasteiger partial charge on any atom is 0.331 e. The molecule has 1 heterocycles. The van der Waals surface area contributed by atoms with Crippen LogP contribution in [0.4, 0.5) is 0 Å². The molecule has 0 aliphatic carbocycles. The Morgan fingerprint density at radius 3 is 2.73 bits per heavy atom. The van der Waals surface area contributed by atoms with Crippen molar-refractivity contribution in [3.05, 3.63) is 11.0 Å². The minimum atomic E-state index is -0.634. The van der Waals surface area contributed by atoms with Crippen LogP contribution in [0.3, 0.4) is 0 Å². The third-order valence-corrected chi connectivity index (χ3v) is 2.25. The molecule has 0 bridgehead atoms. The second kappa shape index (κ2) is 4.74. The topological polar surface area (TPSA) is 84.8 Å². The molecule has 0 saturated carbocycles. The molecule has 1 N–H and O–H groups in total. The summed E-state index contributed by atoms with van der Waals surface area (Å²) >= 11 is 0.920. The predicted molar refractivity (Wildman–Crippen MR) is 53.9 cm³/mol. The highest BCUT2D eigenvalue weighted by Gasteiger charge is 2.23. The van der Waals surface area contributed by atoms with Crippen LogP contribution in [-0.2, 0) is 19.1 Å². The van der Waals surface area contributed by atoms with Gasteiger partial charge >= 0.3 is 5.97 Å². The van der Waals surface area contributed by atoms with Crippen LogP contribution in [0.25, 0.3) is 0 Å². The SMILES string of the molecule is COC(=O)C=C1SC(NC(C)=O)=NC1=O. The number of thioether (sulfide) groups is 1. The van der Waals surface area contributed by atoms with Crippen LogP contribution >= 0.6 is 11.8 Å². The second-order valence-corrected chi connectivity index (χ2v) is 3.57. The molecule has 0 fully saturated rings. The van der Waals surface area contributed by atoms with Gasteiger partial charge in [0.25, 0.3) is 5.91 Å². The number of carbonyl (C=O) groups excluding carboxylic acids is 3. The van der Waals surface area contributed by atoms with Gasteiger partial charge in [-0.25, -0.2) is 4.79 Å². The van der Waals surface area contributed by atoms with E-state index in [1.54, 1.807) is 0 Å². The van der Waals surface area contributed by atoms with Crippen LogP contribution in [0, 0.1) is 0 Å². The van der Waals surface area contributed by atoms with Gasteiger partial charge in [0.15, 0.2) is 5.17 Å². The molecule has 0 unspecified atom stereocenters. The number of ether oxygens (including phenoxy) is 1. The summed E-state index contributed by atoms with van der Waals surface area (Å²) < 4.78 is 4.36. The van der Waals surface area contributed by atoms with E-state index in [0.29, 0.717) is 0 Å². The zero-order valence-corrected chi connectivity index (χ0v) is 8.88. The van der Waals surface area contributed by atoms with Crippen molar-refractivity contribution in [1.29, 1.82) is 0 Å². The zero-order chi connectivity index (χ0) is 11.4. The van der Waals surface area contributed by atoms with Crippen LogP contribution in [0.5, 0.6) is 0 Å². The molecule has 7 heteroatoms. The number of nitrogens with one attached hydrogen (secondary N) is 1. The first-order valence-corrected chi connectivity index (χ1v) is 4.72. The average Bonchev–Trinajstić information content (AvgIpc) is 2.45. The van der Waals surface area contributed by atoms with Crippen molar-refractivity contribution in [2.45, 2.75) is 6.92 Å². The quantitative estimate of drug-likeness (QED) is 0.496. The molecule has 2 amide bonds. The normalized spacial score (nSPS) is 17.6. The van der Waals surface area contributed by atoms with Crippen molar-refractivity contribution in [3.63, 3.8) is 0 Å². The first-order valence-electron chi connectivity index (χ1n) is 3.91. The Morgan fingerprint density at radius 1 is 1.53 bits per heavy atom. The number of amidine groups is 1. The van der Waals surface area contributed by atoms with Gasteiger partial charge < -0.3 is 10.1 Å². The van der Waals surface area contributed by atoms with Crippen molar-refractivity contribution in [2.75, 3.05) is 7.11 Å². The molecule has 15 heavy (non-hydrogen) atoms. The van der Waals surface area contributed by atoms with Crippen LogP contribution in [-0.4, -0.2) is 30.1 Å². The van der Waals surface area contributed by atoms with Gasteiger partial charge in [0.05, 0.1) is 12.0 Å². The largest absolute Gasteiger partial charge is 0.466 e. The Kier molecular flexibility index (Phi) is 3.62. The zero-order valence-electron chi connectivity index (χ0n) is 8.07. The van der Waals surface area contributed by atoms with Crippen molar-refractivity contribution < 1.29 is 19.1 Å². The molecule has 1 aliphatic heterocycles. The van der Waals surface area contributed by atoms with Gasteiger partial charge in [0.1, 0.15) is 0 Å². The lowest BCUT2D eigenvalue weighted by Crippen LogP contribution is -2.24. The van der Waals surface area contributed by atoms with Crippen molar-refractivity contribution >= 4 is 34.7 Å². The molecule has 6 nitrogen and oxygen atoms in total. The molecule has 0 aromatic rings. The summed E-state index contributed by atoms with van der Waals surface area (Å²) in [6.45, 7) is 1.30. The molecule has 0 aromatic heterocycles. The molecule has 1 aliphatic rings. The van der Waals surface area contributed by atoms with Crippen LogP contribution in [0.2, 0.25) is 0 Å². The lowest BCUT2D eigenvalue weighted by Gasteiger charge is -1.97. The minimum absolute atomic E-state index is 0.130. The van der Waals surface area contributed by atoms with E-state index in [0.717, 1.165) is 17.8 Å². The Balaban J connectivity index is 2.71. The smallest absolute Gasteiger partial charge is 0.331 e. The van der Waals surface area contributed by atoms with E-state index in [1.165, 1.54) is 14.0 Å². The van der Waals surface area contributed by atoms with Gasteiger partial charge in [-0.1, -0.05) is 0 Å². The fourth-order valence-electron chi connectivity index (χ4n) is 0.779. The summed E-state index contributed by atoms with van der Waals surface area (Å²) in [5.74, 6) is -1.52. The van der Waals surface area contributed by atoms with Gasteiger partial charge in [-0.2, -0.15) is 4.99 Å². The van der Waals surface area contributed by atoms with E-state index in [-0.39, 0.29) is 16.0 Å². The lowest BCUT2D eigenvalue weighted by atomic mass is 10.5. The van der Waals surface area contributed by atoms with Gasteiger partial charge in [-0.15, -0.1) is 0 Å². The van der Waals surface area contributed by atoms with Crippen molar-refractivity contribution in [1.82, 2.24) is 5.32 Å². The third-order valence-electron chi connectivity index (χ3n) is 1.35. The van der Waals surface area contributed by atoms with E-state index in [9.17, 15) is 14.4 Å². The highest BCUT2D eigenvalue weighted by atomic mass is 32.2. The van der Waals surface area contributed by atoms with E-state index < -0.39 is 11.9 Å².